The Bertz CT molecular complexity index is 712. The van der Waals surface area contributed by atoms with Crippen molar-refractivity contribution in [2.75, 3.05) is 13.1 Å². The van der Waals surface area contributed by atoms with Gasteiger partial charge in [0.15, 0.2) is 0 Å². The van der Waals surface area contributed by atoms with Crippen LogP contribution in [0.5, 0.6) is 0 Å². The molecule has 1 saturated heterocycles. The van der Waals surface area contributed by atoms with Gasteiger partial charge in [-0.05, 0) is 19.9 Å². The molecule has 1 fully saturated rings. The van der Waals surface area contributed by atoms with Crippen molar-refractivity contribution in [2.45, 2.75) is 38.5 Å². The number of carbonyl (C=O) groups is 1. The molecule has 1 aromatic heterocycles. The molecule has 9 nitrogen and oxygen atoms in total. The number of rotatable bonds is 2. The average Bonchev–Trinajstić information content (AvgIpc) is 2.86. The lowest BCUT2D eigenvalue weighted by Gasteiger charge is -2.33. The van der Waals surface area contributed by atoms with Crippen LogP contribution in [0.15, 0.2) is 6.07 Å². The number of nitrogens with zero attached hydrogens (tertiary/aromatic N) is 3. The van der Waals surface area contributed by atoms with Crippen LogP contribution in [0.1, 0.15) is 30.0 Å². The van der Waals surface area contributed by atoms with Gasteiger partial charge >= 0.3 is 0 Å². The minimum atomic E-state index is -3.49. The quantitative estimate of drug-likeness (QED) is 0.602. The van der Waals surface area contributed by atoms with Gasteiger partial charge in [-0.3, -0.25) is 14.4 Å². The third-order valence-corrected chi connectivity index (χ3v) is 5.35. The first-order valence-electron chi connectivity index (χ1n) is 7.09. The summed E-state index contributed by atoms with van der Waals surface area (Å²) >= 11 is 0. The summed E-state index contributed by atoms with van der Waals surface area (Å²) in [5, 5.41) is 4.22. The molecule has 0 bridgehead atoms. The molecule has 4 N–H and O–H groups in total. The summed E-state index contributed by atoms with van der Waals surface area (Å²) in [6.07, 6.45) is 0. The smallest absolute Gasteiger partial charge is 0.277 e. The van der Waals surface area contributed by atoms with Gasteiger partial charge in [0.05, 0.1) is 17.8 Å². The maximum Gasteiger partial charge on any atom is 0.277 e. The fraction of sp³-hybridized carbons (Fsp3) is 0.667. The van der Waals surface area contributed by atoms with Crippen LogP contribution in [-0.2, 0) is 23.3 Å². The van der Waals surface area contributed by atoms with Crippen LogP contribution in [0.3, 0.4) is 0 Å². The third-order valence-electron chi connectivity index (χ3n) is 4.12. The lowest BCUT2D eigenvalue weighted by atomic mass is 10.0. The van der Waals surface area contributed by atoms with E-state index in [1.807, 2.05) is 13.8 Å². The number of fused-ring (bicyclic) bond motifs is 1. The highest BCUT2D eigenvalue weighted by Gasteiger charge is 2.45. The van der Waals surface area contributed by atoms with Crippen LogP contribution >= 0.6 is 0 Å². The van der Waals surface area contributed by atoms with Crippen molar-refractivity contribution in [1.29, 1.82) is 0 Å². The molecular weight excluding hydrogens is 308 g/mol. The fourth-order valence-corrected chi connectivity index (χ4v) is 4.27. The van der Waals surface area contributed by atoms with Gasteiger partial charge in [0, 0.05) is 25.7 Å². The second-order valence-corrected chi connectivity index (χ2v) is 7.75. The Kier molecular flexibility index (Phi) is 3.51. The molecule has 2 aliphatic rings. The zero-order valence-corrected chi connectivity index (χ0v) is 13.4. The van der Waals surface area contributed by atoms with E-state index in [1.165, 1.54) is 0 Å². The first kappa shape index (κ1) is 15.4. The first-order chi connectivity index (χ1) is 10.2. The van der Waals surface area contributed by atoms with E-state index in [-0.39, 0.29) is 18.3 Å². The van der Waals surface area contributed by atoms with Crippen LogP contribution < -0.4 is 15.2 Å². The molecular formula is C12H20N6O3S. The Balaban J connectivity index is 2.02. The summed E-state index contributed by atoms with van der Waals surface area (Å²) in [4.78, 5) is 13.5. The molecule has 1 spiro atoms. The molecule has 0 radical (unpaired) electrons. The van der Waals surface area contributed by atoms with E-state index in [1.54, 1.807) is 10.7 Å². The number of amides is 1. The van der Waals surface area contributed by atoms with Crippen molar-refractivity contribution in [2.24, 2.45) is 5.73 Å². The van der Waals surface area contributed by atoms with Gasteiger partial charge in [-0.2, -0.15) is 18.2 Å². The molecule has 0 saturated carbocycles. The molecule has 0 aliphatic carbocycles. The fourth-order valence-electron chi connectivity index (χ4n) is 2.96. The van der Waals surface area contributed by atoms with E-state index in [9.17, 15) is 13.2 Å². The Morgan fingerprint density at radius 1 is 1.45 bits per heavy atom. The molecule has 1 unspecified atom stereocenters. The summed E-state index contributed by atoms with van der Waals surface area (Å²) in [6, 6.07) is 1.90. The molecule has 10 heteroatoms. The Labute approximate surface area is 129 Å². The number of hydrogen-bond donors (Lipinski definition) is 3. The number of hydrogen-bond acceptors (Lipinski definition) is 5. The van der Waals surface area contributed by atoms with Crippen molar-refractivity contribution in [3.05, 3.63) is 17.5 Å². The normalized spacial score (nSPS) is 28.0. The van der Waals surface area contributed by atoms with E-state index in [0.29, 0.717) is 19.6 Å². The molecule has 1 atom stereocenters. The summed E-state index contributed by atoms with van der Waals surface area (Å²) in [5.41, 5.74) is 5.66. The Hall–Kier alpha value is -1.49. The average molecular weight is 328 g/mol. The van der Waals surface area contributed by atoms with Crippen LogP contribution in [-0.4, -0.2) is 53.7 Å². The molecule has 3 heterocycles. The standard InChI is InChI=1S/C12H20N6O3S/c1-8(2)17-4-9-3-10(11(13)19)15-18(9)7-12(6-17)5-14-22(20,21)16-12/h3,8,14,16H,4-7H2,1-2H3,(H2,13,19). The number of primary amides is 1. The summed E-state index contributed by atoms with van der Waals surface area (Å²) in [5.74, 6) is -0.587. The number of nitrogens with two attached hydrogens (primary N) is 1. The van der Waals surface area contributed by atoms with Crippen LogP contribution in [0.25, 0.3) is 0 Å². The molecule has 1 amide bonds. The van der Waals surface area contributed by atoms with Crippen LogP contribution in [0.2, 0.25) is 0 Å². The monoisotopic (exact) mass is 328 g/mol. The highest BCUT2D eigenvalue weighted by atomic mass is 32.2. The predicted molar refractivity (Wildman–Crippen MR) is 79.1 cm³/mol. The third kappa shape index (κ3) is 2.74. The molecule has 1 aromatic rings. The number of carbonyl (C=O) groups excluding carboxylic acids is 1. The van der Waals surface area contributed by atoms with E-state index in [4.69, 9.17) is 5.73 Å². The largest absolute Gasteiger partial charge is 0.364 e. The Morgan fingerprint density at radius 3 is 2.73 bits per heavy atom. The topological polar surface area (TPSA) is 122 Å². The summed E-state index contributed by atoms with van der Waals surface area (Å²) < 4.78 is 30.4. The van der Waals surface area contributed by atoms with Crippen molar-refractivity contribution in [1.82, 2.24) is 24.1 Å². The zero-order valence-electron chi connectivity index (χ0n) is 12.5. The highest BCUT2D eigenvalue weighted by molar-refractivity contribution is 7.87. The van der Waals surface area contributed by atoms with Gasteiger partial charge in [0.25, 0.3) is 16.1 Å². The van der Waals surface area contributed by atoms with Crippen molar-refractivity contribution in [3.63, 3.8) is 0 Å². The van der Waals surface area contributed by atoms with Crippen molar-refractivity contribution >= 4 is 16.1 Å². The summed E-state index contributed by atoms with van der Waals surface area (Å²) in [6.45, 7) is 5.87. The highest BCUT2D eigenvalue weighted by Crippen LogP contribution is 2.24. The van der Waals surface area contributed by atoms with E-state index < -0.39 is 21.7 Å². The van der Waals surface area contributed by atoms with Gasteiger partial charge in [-0.1, -0.05) is 0 Å². The molecule has 122 valence electrons. The van der Waals surface area contributed by atoms with E-state index >= 15 is 0 Å². The molecule has 0 aromatic carbocycles. The number of aromatic nitrogens is 2. The van der Waals surface area contributed by atoms with E-state index in [2.05, 4.69) is 19.4 Å². The second-order valence-electron chi connectivity index (χ2n) is 6.25. The SMILES string of the molecule is CC(C)N1Cc2cc(C(N)=O)nn2CC2(CNS(=O)(=O)N2)C1. The Morgan fingerprint density at radius 2 is 2.18 bits per heavy atom. The van der Waals surface area contributed by atoms with Crippen LogP contribution in [0.4, 0.5) is 0 Å². The predicted octanol–water partition coefficient (Wildman–Crippen LogP) is -1.62. The maximum absolute atomic E-state index is 11.8. The molecule has 22 heavy (non-hydrogen) atoms. The van der Waals surface area contributed by atoms with Gasteiger partial charge in [-0.25, -0.2) is 4.72 Å². The van der Waals surface area contributed by atoms with E-state index in [0.717, 1.165) is 5.69 Å². The maximum atomic E-state index is 11.8. The molecule has 2 aliphatic heterocycles. The lowest BCUT2D eigenvalue weighted by molar-refractivity contribution is 0.0994. The first-order valence-corrected chi connectivity index (χ1v) is 8.57. The van der Waals surface area contributed by atoms with Crippen molar-refractivity contribution in [3.8, 4) is 0 Å². The van der Waals surface area contributed by atoms with Gasteiger partial charge in [-0.15, -0.1) is 0 Å². The van der Waals surface area contributed by atoms with Gasteiger partial charge in [0.1, 0.15) is 5.69 Å². The lowest BCUT2D eigenvalue weighted by Crippen LogP contribution is -2.55. The minimum absolute atomic E-state index is 0.199. The zero-order chi connectivity index (χ0) is 16.1. The van der Waals surface area contributed by atoms with Gasteiger partial charge in [0.2, 0.25) is 0 Å². The molecule has 3 rings (SSSR count). The van der Waals surface area contributed by atoms with Gasteiger partial charge < -0.3 is 5.73 Å². The summed E-state index contributed by atoms with van der Waals surface area (Å²) in [7, 11) is -3.49. The van der Waals surface area contributed by atoms with Crippen molar-refractivity contribution < 1.29 is 13.2 Å². The minimum Gasteiger partial charge on any atom is -0.364 e. The number of nitrogens with one attached hydrogen (secondary N) is 2. The second kappa shape index (κ2) is 5.01. The van der Waals surface area contributed by atoms with Crippen LogP contribution in [0, 0.1) is 0 Å².